The Kier molecular flexibility index (Phi) is 3.97. The second kappa shape index (κ2) is 6.08. The molecule has 0 fully saturated rings. The summed E-state index contributed by atoms with van der Waals surface area (Å²) in [6.07, 6.45) is 0. The summed E-state index contributed by atoms with van der Waals surface area (Å²) in [4.78, 5) is 12.5. The first-order valence-electron chi connectivity index (χ1n) is 7.18. The number of carbonyl (C=O) groups excluding carboxylic acids is 1. The van der Waals surface area contributed by atoms with E-state index >= 15 is 0 Å². The molecule has 0 N–H and O–H groups in total. The zero-order valence-corrected chi connectivity index (χ0v) is 13.1. The van der Waals surface area contributed by atoms with Gasteiger partial charge in [-0.05, 0) is 20.8 Å². The standard InChI is InChI=1S/C17H16N2O4/c1-10-14(11(2)22-18-10)9-21-17(20)15-12(3)23-19-16(15)13-7-5-4-6-8-13/h4-8H,9H2,1-3H3. The molecule has 0 saturated heterocycles. The molecule has 2 heterocycles. The van der Waals surface area contributed by atoms with Crippen molar-refractivity contribution >= 4 is 5.97 Å². The molecule has 0 spiro atoms. The molecule has 0 aliphatic carbocycles. The molecular weight excluding hydrogens is 296 g/mol. The maximum Gasteiger partial charge on any atom is 0.344 e. The van der Waals surface area contributed by atoms with Gasteiger partial charge >= 0.3 is 5.97 Å². The molecule has 0 radical (unpaired) electrons. The minimum atomic E-state index is -0.484. The molecule has 0 saturated carbocycles. The fourth-order valence-corrected chi connectivity index (χ4v) is 2.32. The maximum absolute atomic E-state index is 12.5. The van der Waals surface area contributed by atoms with E-state index in [-0.39, 0.29) is 6.61 Å². The van der Waals surface area contributed by atoms with Gasteiger partial charge in [-0.25, -0.2) is 4.79 Å². The number of carbonyl (C=O) groups is 1. The van der Waals surface area contributed by atoms with Crippen molar-refractivity contribution in [2.24, 2.45) is 0 Å². The van der Waals surface area contributed by atoms with Crippen LogP contribution in [-0.2, 0) is 11.3 Å². The van der Waals surface area contributed by atoms with Gasteiger partial charge in [-0.15, -0.1) is 0 Å². The van der Waals surface area contributed by atoms with Crippen LogP contribution in [0.3, 0.4) is 0 Å². The molecule has 0 atom stereocenters. The Morgan fingerprint density at radius 2 is 1.74 bits per heavy atom. The minimum absolute atomic E-state index is 0.0961. The van der Waals surface area contributed by atoms with Crippen LogP contribution in [0.1, 0.15) is 33.1 Å². The Hall–Kier alpha value is -2.89. The molecule has 3 rings (SSSR count). The second-order valence-electron chi connectivity index (χ2n) is 5.21. The average molecular weight is 312 g/mol. The Bertz CT molecular complexity index is 814. The lowest BCUT2D eigenvalue weighted by molar-refractivity contribution is 0.0469. The van der Waals surface area contributed by atoms with Gasteiger partial charge in [0.05, 0.1) is 11.3 Å². The third-order valence-corrected chi connectivity index (χ3v) is 3.64. The van der Waals surface area contributed by atoms with E-state index in [1.54, 1.807) is 20.8 Å². The molecule has 6 heteroatoms. The van der Waals surface area contributed by atoms with Crippen molar-refractivity contribution in [2.45, 2.75) is 27.4 Å². The summed E-state index contributed by atoms with van der Waals surface area (Å²) >= 11 is 0. The molecule has 3 aromatic rings. The lowest BCUT2D eigenvalue weighted by atomic mass is 10.1. The van der Waals surface area contributed by atoms with E-state index in [0.29, 0.717) is 28.5 Å². The SMILES string of the molecule is Cc1noc(C)c1COC(=O)c1c(-c2ccccc2)noc1C. The molecule has 2 aromatic heterocycles. The third kappa shape index (κ3) is 2.88. The largest absolute Gasteiger partial charge is 0.457 e. The Morgan fingerprint density at radius 3 is 2.39 bits per heavy atom. The number of esters is 1. The van der Waals surface area contributed by atoms with E-state index in [0.717, 1.165) is 11.1 Å². The molecule has 1 aromatic carbocycles. The van der Waals surface area contributed by atoms with Crippen molar-refractivity contribution in [3.05, 3.63) is 58.7 Å². The van der Waals surface area contributed by atoms with Crippen molar-refractivity contribution in [3.8, 4) is 11.3 Å². The van der Waals surface area contributed by atoms with Gasteiger partial charge in [0.2, 0.25) is 0 Å². The number of aryl methyl sites for hydroxylation is 3. The number of rotatable bonds is 4. The topological polar surface area (TPSA) is 78.4 Å². The Balaban J connectivity index is 1.85. The Morgan fingerprint density at radius 1 is 1.04 bits per heavy atom. The summed E-state index contributed by atoms with van der Waals surface area (Å²) in [5, 5.41) is 7.82. The number of aromatic nitrogens is 2. The molecule has 0 aliphatic heterocycles. The first-order chi connectivity index (χ1) is 11.1. The van der Waals surface area contributed by atoms with E-state index in [4.69, 9.17) is 13.8 Å². The van der Waals surface area contributed by atoms with Gasteiger partial charge in [-0.3, -0.25) is 0 Å². The van der Waals surface area contributed by atoms with Crippen molar-refractivity contribution < 1.29 is 18.6 Å². The van der Waals surface area contributed by atoms with E-state index < -0.39 is 5.97 Å². The predicted molar refractivity (Wildman–Crippen MR) is 81.8 cm³/mol. The number of nitrogens with zero attached hydrogens (tertiary/aromatic N) is 2. The maximum atomic E-state index is 12.5. The van der Waals surface area contributed by atoms with Crippen molar-refractivity contribution in [2.75, 3.05) is 0 Å². The number of benzene rings is 1. The summed E-state index contributed by atoms with van der Waals surface area (Å²) in [5.41, 5.74) is 3.10. The van der Waals surface area contributed by atoms with E-state index in [2.05, 4.69) is 10.3 Å². The zero-order valence-electron chi connectivity index (χ0n) is 13.1. The quantitative estimate of drug-likeness (QED) is 0.685. The van der Waals surface area contributed by atoms with Crippen LogP contribution in [0.15, 0.2) is 39.4 Å². The molecular formula is C17H16N2O4. The van der Waals surface area contributed by atoms with Crippen LogP contribution in [0, 0.1) is 20.8 Å². The minimum Gasteiger partial charge on any atom is -0.457 e. The lowest BCUT2D eigenvalue weighted by Gasteiger charge is -2.05. The van der Waals surface area contributed by atoms with Crippen LogP contribution in [0.25, 0.3) is 11.3 Å². The summed E-state index contributed by atoms with van der Waals surface area (Å²) in [6, 6.07) is 9.37. The first kappa shape index (κ1) is 15.0. The van der Waals surface area contributed by atoms with Gasteiger partial charge in [0.15, 0.2) is 0 Å². The van der Waals surface area contributed by atoms with Crippen LogP contribution in [-0.4, -0.2) is 16.3 Å². The Labute approximate surface area is 133 Å². The molecule has 0 unspecified atom stereocenters. The smallest absolute Gasteiger partial charge is 0.344 e. The number of ether oxygens (including phenoxy) is 1. The van der Waals surface area contributed by atoms with Crippen molar-refractivity contribution in [1.82, 2.24) is 10.3 Å². The molecule has 0 amide bonds. The predicted octanol–water partition coefficient (Wildman–Crippen LogP) is 3.61. The molecule has 0 aliphatic rings. The van der Waals surface area contributed by atoms with Gasteiger partial charge < -0.3 is 13.8 Å². The molecule has 23 heavy (non-hydrogen) atoms. The van der Waals surface area contributed by atoms with E-state index in [1.165, 1.54) is 0 Å². The summed E-state index contributed by atoms with van der Waals surface area (Å²) in [7, 11) is 0. The van der Waals surface area contributed by atoms with Gasteiger partial charge in [0.1, 0.15) is 29.4 Å². The van der Waals surface area contributed by atoms with Crippen molar-refractivity contribution in [1.29, 1.82) is 0 Å². The van der Waals surface area contributed by atoms with Crippen LogP contribution in [0.5, 0.6) is 0 Å². The summed E-state index contributed by atoms with van der Waals surface area (Å²) < 4.78 is 15.6. The van der Waals surface area contributed by atoms with Gasteiger partial charge in [-0.1, -0.05) is 40.6 Å². The average Bonchev–Trinajstić information content (AvgIpc) is 3.09. The van der Waals surface area contributed by atoms with Gasteiger partial charge in [0, 0.05) is 5.56 Å². The lowest BCUT2D eigenvalue weighted by Crippen LogP contribution is -2.08. The fraction of sp³-hybridized carbons (Fsp3) is 0.235. The highest BCUT2D eigenvalue weighted by Crippen LogP contribution is 2.26. The number of hydrogen-bond donors (Lipinski definition) is 0. The van der Waals surface area contributed by atoms with Crippen LogP contribution in [0.4, 0.5) is 0 Å². The first-order valence-corrected chi connectivity index (χ1v) is 7.18. The summed E-state index contributed by atoms with van der Waals surface area (Å²) in [6.45, 7) is 5.37. The normalized spacial score (nSPS) is 10.7. The molecule has 6 nitrogen and oxygen atoms in total. The van der Waals surface area contributed by atoms with E-state index in [9.17, 15) is 4.79 Å². The molecule has 0 bridgehead atoms. The highest BCUT2D eigenvalue weighted by Gasteiger charge is 2.23. The van der Waals surface area contributed by atoms with Crippen LogP contribution in [0.2, 0.25) is 0 Å². The zero-order chi connectivity index (χ0) is 16.4. The number of hydrogen-bond acceptors (Lipinski definition) is 6. The monoisotopic (exact) mass is 312 g/mol. The van der Waals surface area contributed by atoms with Gasteiger partial charge in [-0.2, -0.15) is 0 Å². The third-order valence-electron chi connectivity index (χ3n) is 3.64. The van der Waals surface area contributed by atoms with E-state index in [1.807, 2.05) is 30.3 Å². The van der Waals surface area contributed by atoms with Crippen LogP contribution < -0.4 is 0 Å². The second-order valence-corrected chi connectivity index (χ2v) is 5.21. The molecule has 118 valence electrons. The summed E-state index contributed by atoms with van der Waals surface area (Å²) in [5.74, 6) is 0.579. The van der Waals surface area contributed by atoms with Crippen molar-refractivity contribution in [3.63, 3.8) is 0 Å². The highest BCUT2D eigenvalue weighted by molar-refractivity contribution is 5.97. The highest BCUT2D eigenvalue weighted by atomic mass is 16.5. The fourth-order valence-electron chi connectivity index (χ4n) is 2.32. The van der Waals surface area contributed by atoms with Crippen LogP contribution >= 0.6 is 0 Å². The van der Waals surface area contributed by atoms with Gasteiger partial charge in [0.25, 0.3) is 0 Å².